The molecule has 0 unspecified atom stereocenters. The minimum absolute atomic E-state index is 0.135. The van der Waals surface area contributed by atoms with E-state index in [1.165, 1.54) is 0 Å². The van der Waals surface area contributed by atoms with Gasteiger partial charge in [0.1, 0.15) is 5.60 Å². The lowest BCUT2D eigenvalue weighted by Gasteiger charge is -2.29. The number of amides is 1. The third kappa shape index (κ3) is 5.30. The van der Waals surface area contributed by atoms with Gasteiger partial charge in [-0.1, -0.05) is 6.07 Å². The van der Waals surface area contributed by atoms with Crippen molar-refractivity contribution in [3.05, 3.63) is 23.9 Å². The van der Waals surface area contributed by atoms with Crippen molar-refractivity contribution >= 4 is 5.91 Å². The zero-order valence-electron chi connectivity index (χ0n) is 13.7. The summed E-state index contributed by atoms with van der Waals surface area (Å²) in [6.45, 7) is 7.25. The number of likely N-dealkylation sites (tertiary alicyclic amines) is 1. The Morgan fingerprint density at radius 1 is 1.36 bits per heavy atom. The van der Waals surface area contributed by atoms with Crippen molar-refractivity contribution < 1.29 is 14.6 Å². The van der Waals surface area contributed by atoms with Crippen molar-refractivity contribution in [2.45, 2.75) is 58.2 Å². The van der Waals surface area contributed by atoms with E-state index in [2.05, 4.69) is 4.98 Å². The van der Waals surface area contributed by atoms with E-state index in [4.69, 9.17) is 4.74 Å². The first-order valence-corrected chi connectivity index (χ1v) is 7.94. The molecule has 5 heteroatoms. The van der Waals surface area contributed by atoms with Crippen LogP contribution in [0.25, 0.3) is 0 Å². The standard InChI is InChI=1S/C17H26N2O3/c1-17(2,3)22-15-6-4-5-13(18-15)7-8-16(21)19-11-9-14(20)10-12-19/h4-6,14,20H,7-12H2,1-3H3. The van der Waals surface area contributed by atoms with Crippen LogP contribution in [0.15, 0.2) is 18.2 Å². The van der Waals surface area contributed by atoms with Gasteiger partial charge in [-0.2, -0.15) is 0 Å². The summed E-state index contributed by atoms with van der Waals surface area (Å²) in [7, 11) is 0. The highest BCUT2D eigenvalue weighted by atomic mass is 16.5. The van der Waals surface area contributed by atoms with Gasteiger partial charge in [-0.15, -0.1) is 0 Å². The maximum absolute atomic E-state index is 12.2. The zero-order chi connectivity index (χ0) is 16.2. The number of rotatable bonds is 4. The van der Waals surface area contributed by atoms with Gasteiger partial charge in [0.25, 0.3) is 0 Å². The molecule has 0 saturated carbocycles. The maximum atomic E-state index is 12.2. The number of aliphatic hydroxyl groups is 1. The van der Waals surface area contributed by atoms with Gasteiger partial charge in [0.15, 0.2) is 0 Å². The first-order chi connectivity index (χ1) is 10.3. The van der Waals surface area contributed by atoms with Gasteiger partial charge < -0.3 is 14.7 Å². The van der Waals surface area contributed by atoms with Crippen LogP contribution in [0.2, 0.25) is 0 Å². The highest BCUT2D eigenvalue weighted by molar-refractivity contribution is 5.76. The molecule has 1 aromatic rings. The molecule has 0 aromatic carbocycles. The van der Waals surface area contributed by atoms with Crippen molar-refractivity contribution in [1.29, 1.82) is 0 Å². The molecule has 1 fully saturated rings. The fourth-order valence-corrected chi connectivity index (χ4v) is 2.48. The van der Waals surface area contributed by atoms with E-state index in [9.17, 15) is 9.90 Å². The number of pyridine rings is 1. The monoisotopic (exact) mass is 306 g/mol. The molecule has 1 amide bonds. The first kappa shape index (κ1) is 16.7. The molecule has 2 rings (SSSR count). The quantitative estimate of drug-likeness (QED) is 0.926. The van der Waals surface area contributed by atoms with Crippen molar-refractivity contribution in [3.8, 4) is 5.88 Å². The van der Waals surface area contributed by atoms with Gasteiger partial charge in [0.2, 0.25) is 11.8 Å². The Bertz CT molecular complexity index is 503. The van der Waals surface area contributed by atoms with Crippen LogP contribution < -0.4 is 4.74 Å². The Morgan fingerprint density at radius 3 is 2.68 bits per heavy atom. The third-order valence-corrected chi connectivity index (χ3v) is 3.60. The largest absolute Gasteiger partial charge is 0.472 e. The number of hydrogen-bond acceptors (Lipinski definition) is 4. The fourth-order valence-electron chi connectivity index (χ4n) is 2.48. The summed E-state index contributed by atoms with van der Waals surface area (Å²) in [6.07, 6.45) is 2.16. The van der Waals surface area contributed by atoms with Gasteiger partial charge in [0.05, 0.1) is 6.10 Å². The third-order valence-electron chi connectivity index (χ3n) is 3.60. The summed E-state index contributed by atoms with van der Waals surface area (Å²) in [5, 5.41) is 9.48. The van der Waals surface area contributed by atoms with Crippen molar-refractivity contribution in [3.63, 3.8) is 0 Å². The van der Waals surface area contributed by atoms with E-state index >= 15 is 0 Å². The smallest absolute Gasteiger partial charge is 0.222 e. The Labute approximate surface area is 132 Å². The lowest BCUT2D eigenvalue weighted by molar-refractivity contribution is -0.133. The van der Waals surface area contributed by atoms with Crippen molar-refractivity contribution in [1.82, 2.24) is 9.88 Å². The number of carbonyl (C=O) groups is 1. The molecule has 5 nitrogen and oxygen atoms in total. The van der Waals surface area contributed by atoms with E-state index in [1.807, 2.05) is 43.9 Å². The Morgan fingerprint density at radius 2 is 2.05 bits per heavy atom. The lowest BCUT2D eigenvalue weighted by atomic mass is 10.1. The van der Waals surface area contributed by atoms with Gasteiger partial charge in [-0.3, -0.25) is 4.79 Å². The van der Waals surface area contributed by atoms with Crippen LogP contribution >= 0.6 is 0 Å². The first-order valence-electron chi connectivity index (χ1n) is 7.94. The minimum atomic E-state index is -0.282. The summed E-state index contributed by atoms with van der Waals surface area (Å²) in [6, 6.07) is 5.66. The molecule has 1 N–H and O–H groups in total. The predicted octanol–water partition coefficient (Wildman–Crippen LogP) is 2.17. The molecule has 0 spiro atoms. The summed E-state index contributed by atoms with van der Waals surface area (Å²) < 4.78 is 5.74. The molecule has 122 valence electrons. The Kier molecular flexibility index (Phi) is 5.40. The highest BCUT2D eigenvalue weighted by Crippen LogP contribution is 2.17. The molecule has 0 atom stereocenters. The summed E-state index contributed by atoms with van der Waals surface area (Å²) in [5.41, 5.74) is 0.586. The van der Waals surface area contributed by atoms with Crippen LogP contribution in [0.1, 0.15) is 45.7 Å². The Balaban J connectivity index is 1.86. The molecular formula is C17H26N2O3. The van der Waals surface area contributed by atoms with Crippen molar-refractivity contribution in [2.75, 3.05) is 13.1 Å². The SMILES string of the molecule is CC(C)(C)Oc1cccc(CCC(=O)N2CCC(O)CC2)n1. The van der Waals surface area contributed by atoms with Crippen LogP contribution in [-0.2, 0) is 11.2 Å². The molecule has 0 bridgehead atoms. The number of aryl methyl sites for hydroxylation is 1. The second-order valence-electron chi connectivity index (χ2n) is 6.79. The molecule has 1 saturated heterocycles. The number of hydrogen-bond donors (Lipinski definition) is 1. The fraction of sp³-hybridized carbons (Fsp3) is 0.647. The average Bonchev–Trinajstić information content (AvgIpc) is 2.44. The number of piperidine rings is 1. The van der Waals surface area contributed by atoms with E-state index in [-0.39, 0.29) is 17.6 Å². The van der Waals surface area contributed by atoms with Gasteiger partial charge >= 0.3 is 0 Å². The number of ether oxygens (including phenoxy) is 1. The van der Waals surface area contributed by atoms with Crippen LogP contribution in [0.5, 0.6) is 5.88 Å². The molecule has 0 aliphatic carbocycles. The van der Waals surface area contributed by atoms with Crippen molar-refractivity contribution in [2.24, 2.45) is 0 Å². The predicted molar refractivity (Wildman–Crippen MR) is 84.8 cm³/mol. The van der Waals surface area contributed by atoms with Gasteiger partial charge in [0, 0.05) is 31.3 Å². The second-order valence-corrected chi connectivity index (χ2v) is 6.79. The maximum Gasteiger partial charge on any atom is 0.222 e. The van der Waals surface area contributed by atoms with Crippen LogP contribution in [0, 0.1) is 0 Å². The summed E-state index contributed by atoms with van der Waals surface area (Å²) >= 11 is 0. The highest BCUT2D eigenvalue weighted by Gasteiger charge is 2.21. The van der Waals surface area contributed by atoms with Crippen LogP contribution in [0.3, 0.4) is 0 Å². The normalized spacial score (nSPS) is 16.6. The molecule has 22 heavy (non-hydrogen) atoms. The topological polar surface area (TPSA) is 62.7 Å². The summed E-state index contributed by atoms with van der Waals surface area (Å²) in [4.78, 5) is 18.5. The molecule has 2 heterocycles. The Hall–Kier alpha value is -1.62. The molecule has 1 aliphatic heterocycles. The number of aromatic nitrogens is 1. The van der Waals surface area contributed by atoms with E-state index in [1.54, 1.807) is 0 Å². The number of aliphatic hydroxyl groups excluding tert-OH is 1. The summed E-state index contributed by atoms with van der Waals surface area (Å²) in [5.74, 6) is 0.731. The average molecular weight is 306 g/mol. The van der Waals surface area contributed by atoms with E-state index in [0.717, 1.165) is 5.69 Å². The second kappa shape index (κ2) is 7.09. The number of nitrogens with zero attached hydrogens (tertiary/aromatic N) is 2. The van der Waals surface area contributed by atoms with Crippen LogP contribution in [-0.4, -0.2) is 45.7 Å². The molecule has 1 aliphatic rings. The number of carbonyl (C=O) groups excluding carboxylic acids is 1. The zero-order valence-corrected chi connectivity index (χ0v) is 13.7. The minimum Gasteiger partial charge on any atom is -0.472 e. The molecule has 0 radical (unpaired) electrons. The van der Waals surface area contributed by atoms with Crippen LogP contribution in [0.4, 0.5) is 0 Å². The van der Waals surface area contributed by atoms with E-state index in [0.29, 0.717) is 44.7 Å². The molecular weight excluding hydrogens is 280 g/mol. The molecule has 1 aromatic heterocycles. The van der Waals surface area contributed by atoms with E-state index < -0.39 is 0 Å². The van der Waals surface area contributed by atoms with Gasteiger partial charge in [-0.25, -0.2) is 4.98 Å². The van der Waals surface area contributed by atoms with Gasteiger partial charge in [-0.05, 0) is 46.1 Å². The lowest BCUT2D eigenvalue weighted by Crippen LogP contribution is -2.40.